The van der Waals surface area contributed by atoms with Gasteiger partial charge in [0.05, 0.1) is 19.9 Å². The van der Waals surface area contributed by atoms with Gasteiger partial charge in [0, 0.05) is 16.7 Å². The van der Waals surface area contributed by atoms with Crippen molar-refractivity contribution in [3.05, 3.63) is 106 Å². The lowest BCUT2D eigenvalue weighted by atomic mass is 9.95. The van der Waals surface area contributed by atoms with E-state index < -0.39 is 11.5 Å². The van der Waals surface area contributed by atoms with Crippen LogP contribution < -0.4 is 10.3 Å². The van der Waals surface area contributed by atoms with Crippen molar-refractivity contribution in [1.29, 1.82) is 0 Å². The van der Waals surface area contributed by atoms with Gasteiger partial charge in [-0.05, 0) is 29.8 Å². The maximum absolute atomic E-state index is 13.4. The van der Waals surface area contributed by atoms with Crippen LogP contribution in [0.25, 0.3) is 22.4 Å². The molecule has 0 aliphatic heterocycles. The van der Waals surface area contributed by atoms with Crippen molar-refractivity contribution in [3.63, 3.8) is 0 Å². The van der Waals surface area contributed by atoms with Gasteiger partial charge in [0.15, 0.2) is 5.78 Å². The molecule has 0 spiro atoms. The highest BCUT2D eigenvalue weighted by Crippen LogP contribution is 2.32. The van der Waals surface area contributed by atoms with E-state index in [9.17, 15) is 14.4 Å². The zero-order valence-electron chi connectivity index (χ0n) is 18.7. The number of ketones is 1. The van der Waals surface area contributed by atoms with Crippen LogP contribution >= 0.6 is 0 Å². The second-order valence-electron chi connectivity index (χ2n) is 7.44. The molecule has 1 aromatic heterocycles. The molecule has 0 unspecified atom stereocenters. The van der Waals surface area contributed by atoms with E-state index in [1.807, 2.05) is 48.5 Å². The molecule has 34 heavy (non-hydrogen) atoms. The minimum absolute atomic E-state index is 0.176. The summed E-state index contributed by atoms with van der Waals surface area (Å²) in [6.07, 6.45) is 0. The van der Waals surface area contributed by atoms with Gasteiger partial charge in [-0.1, -0.05) is 60.7 Å². The fraction of sp³-hybridized carbons (Fsp3) is 0.111. The number of rotatable bonds is 7. The van der Waals surface area contributed by atoms with Crippen LogP contribution in [0, 0.1) is 0 Å². The third-order valence-corrected chi connectivity index (χ3v) is 5.36. The molecule has 7 nitrogen and oxygen atoms in total. The number of ether oxygens (including phenoxy) is 2. The summed E-state index contributed by atoms with van der Waals surface area (Å²) in [6, 6.07) is 24.8. The number of carbonyl (C=O) groups is 2. The van der Waals surface area contributed by atoms with Gasteiger partial charge in [0.1, 0.15) is 17.9 Å². The average Bonchev–Trinajstić information content (AvgIpc) is 2.90. The number of methoxy groups -OCH3 is 2. The highest BCUT2D eigenvalue weighted by molar-refractivity contribution is 6.01. The van der Waals surface area contributed by atoms with E-state index in [0.29, 0.717) is 33.7 Å². The Hall–Kier alpha value is -4.52. The summed E-state index contributed by atoms with van der Waals surface area (Å²) in [7, 11) is 2.75. The summed E-state index contributed by atoms with van der Waals surface area (Å²) in [6.45, 7) is -0.343. The second-order valence-corrected chi connectivity index (χ2v) is 7.44. The number of aromatic nitrogens is 2. The molecule has 0 saturated carbocycles. The van der Waals surface area contributed by atoms with E-state index in [1.54, 1.807) is 36.4 Å². The molecule has 0 amide bonds. The summed E-state index contributed by atoms with van der Waals surface area (Å²) in [5.74, 6) is -0.521. The van der Waals surface area contributed by atoms with E-state index in [4.69, 9.17) is 9.47 Å². The van der Waals surface area contributed by atoms with Gasteiger partial charge >= 0.3 is 5.97 Å². The number of benzene rings is 3. The molecule has 0 N–H and O–H groups in total. The van der Waals surface area contributed by atoms with Gasteiger partial charge in [-0.25, -0.2) is 9.48 Å². The van der Waals surface area contributed by atoms with Crippen LogP contribution in [0.5, 0.6) is 5.75 Å². The summed E-state index contributed by atoms with van der Waals surface area (Å²) in [5.41, 5.74) is 1.60. The fourth-order valence-corrected chi connectivity index (χ4v) is 3.66. The molecule has 170 valence electrons. The average molecular weight is 454 g/mol. The Bertz CT molecular complexity index is 1380. The Balaban J connectivity index is 1.92. The van der Waals surface area contributed by atoms with Crippen LogP contribution in [-0.4, -0.2) is 35.8 Å². The summed E-state index contributed by atoms with van der Waals surface area (Å²) in [4.78, 5) is 39.2. The monoisotopic (exact) mass is 454 g/mol. The number of esters is 1. The van der Waals surface area contributed by atoms with Crippen molar-refractivity contribution in [2.45, 2.75) is 6.54 Å². The topological polar surface area (TPSA) is 87.5 Å². The van der Waals surface area contributed by atoms with Gasteiger partial charge in [-0.3, -0.25) is 9.59 Å². The quantitative estimate of drug-likeness (QED) is 0.306. The van der Waals surface area contributed by atoms with E-state index in [0.717, 1.165) is 4.68 Å². The summed E-state index contributed by atoms with van der Waals surface area (Å²) in [5, 5.41) is 4.55. The molecule has 0 aliphatic rings. The Morgan fingerprint density at radius 1 is 0.824 bits per heavy atom. The van der Waals surface area contributed by atoms with Gasteiger partial charge in [-0.2, -0.15) is 5.10 Å². The zero-order chi connectivity index (χ0) is 24.1. The van der Waals surface area contributed by atoms with Gasteiger partial charge in [-0.15, -0.1) is 0 Å². The van der Waals surface area contributed by atoms with E-state index in [-0.39, 0.29) is 17.9 Å². The molecule has 0 aliphatic carbocycles. The number of hydrogen-bond acceptors (Lipinski definition) is 6. The van der Waals surface area contributed by atoms with Gasteiger partial charge in [0.25, 0.3) is 5.56 Å². The standard InChI is InChI=1S/C27H22N2O5/c1-33-21-15-13-18(14-16-21)22(30)17-29-26(31)24(27(32)34-2)23(19-9-5-3-6-10-19)25(28-29)20-11-7-4-8-12-20/h3-16H,17H2,1-2H3. The van der Waals surface area contributed by atoms with E-state index in [2.05, 4.69) is 5.10 Å². The molecule has 0 fully saturated rings. The molecule has 0 atom stereocenters. The third-order valence-electron chi connectivity index (χ3n) is 5.36. The minimum Gasteiger partial charge on any atom is -0.497 e. The lowest BCUT2D eigenvalue weighted by Crippen LogP contribution is -2.33. The smallest absolute Gasteiger partial charge is 0.344 e. The molecule has 4 rings (SSSR count). The van der Waals surface area contributed by atoms with Gasteiger partial charge in [0.2, 0.25) is 0 Å². The Morgan fingerprint density at radius 3 is 1.97 bits per heavy atom. The largest absolute Gasteiger partial charge is 0.497 e. The zero-order valence-corrected chi connectivity index (χ0v) is 18.7. The Morgan fingerprint density at radius 2 is 1.41 bits per heavy atom. The molecular weight excluding hydrogens is 432 g/mol. The summed E-state index contributed by atoms with van der Waals surface area (Å²) >= 11 is 0. The van der Waals surface area contributed by atoms with Crippen LogP contribution in [0.1, 0.15) is 20.7 Å². The van der Waals surface area contributed by atoms with Gasteiger partial charge < -0.3 is 9.47 Å². The molecule has 7 heteroatoms. The predicted octanol–water partition coefficient (Wildman–Crippen LogP) is 4.26. The first kappa shape index (κ1) is 22.7. The molecule has 0 bridgehead atoms. The van der Waals surface area contributed by atoms with Crippen molar-refractivity contribution in [3.8, 4) is 28.1 Å². The number of Topliss-reactive ketones (excluding diaryl/α,β-unsaturated/α-hetero) is 1. The fourth-order valence-electron chi connectivity index (χ4n) is 3.66. The molecular formula is C27H22N2O5. The van der Waals surface area contributed by atoms with Crippen molar-refractivity contribution in [1.82, 2.24) is 9.78 Å². The highest BCUT2D eigenvalue weighted by Gasteiger charge is 2.26. The van der Waals surface area contributed by atoms with Crippen LogP contribution in [0.4, 0.5) is 0 Å². The van der Waals surface area contributed by atoms with Crippen LogP contribution in [-0.2, 0) is 11.3 Å². The number of hydrogen-bond donors (Lipinski definition) is 0. The first-order valence-electron chi connectivity index (χ1n) is 10.5. The highest BCUT2D eigenvalue weighted by atomic mass is 16.5. The SMILES string of the molecule is COC(=O)c1c(-c2ccccc2)c(-c2ccccc2)nn(CC(=O)c2ccc(OC)cc2)c1=O. The normalized spacial score (nSPS) is 10.5. The summed E-state index contributed by atoms with van der Waals surface area (Å²) < 4.78 is 11.1. The molecule has 1 heterocycles. The van der Waals surface area contributed by atoms with Crippen LogP contribution in [0.3, 0.4) is 0 Å². The third kappa shape index (κ3) is 4.49. The molecule has 3 aromatic carbocycles. The molecule has 0 radical (unpaired) electrons. The van der Waals surface area contributed by atoms with Crippen molar-refractivity contribution in [2.75, 3.05) is 14.2 Å². The minimum atomic E-state index is -0.797. The Kier molecular flexibility index (Phi) is 6.64. The van der Waals surface area contributed by atoms with Crippen molar-refractivity contribution in [2.24, 2.45) is 0 Å². The first-order valence-corrected chi connectivity index (χ1v) is 10.5. The lowest BCUT2D eigenvalue weighted by Gasteiger charge is -2.16. The van der Waals surface area contributed by atoms with Crippen molar-refractivity contribution < 1.29 is 19.1 Å². The Labute approximate surface area is 196 Å². The van der Waals surface area contributed by atoms with E-state index in [1.165, 1.54) is 14.2 Å². The lowest BCUT2D eigenvalue weighted by molar-refractivity contribution is 0.0597. The number of carbonyl (C=O) groups excluding carboxylic acids is 2. The second kappa shape index (κ2) is 9.95. The van der Waals surface area contributed by atoms with Crippen LogP contribution in [0.15, 0.2) is 89.7 Å². The molecule has 0 saturated heterocycles. The van der Waals surface area contributed by atoms with E-state index >= 15 is 0 Å². The maximum Gasteiger partial charge on any atom is 0.344 e. The maximum atomic E-state index is 13.4. The molecule has 4 aromatic rings. The van der Waals surface area contributed by atoms with Crippen LogP contribution in [0.2, 0.25) is 0 Å². The predicted molar refractivity (Wildman–Crippen MR) is 128 cm³/mol. The first-order chi connectivity index (χ1) is 16.5. The number of nitrogens with zero attached hydrogens (tertiary/aromatic N) is 2. The van der Waals surface area contributed by atoms with Crippen molar-refractivity contribution >= 4 is 11.8 Å².